The lowest BCUT2D eigenvalue weighted by molar-refractivity contribution is -0.126. The summed E-state index contributed by atoms with van der Waals surface area (Å²) < 4.78 is 0. The van der Waals surface area contributed by atoms with Crippen molar-refractivity contribution in [1.29, 1.82) is 0 Å². The maximum Gasteiger partial charge on any atom is 0.0790 e. The molecule has 1 unspecified atom stereocenters. The molecule has 2 saturated heterocycles. The van der Waals surface area contributed by atoms with Crippen LogP contribution in [0.5, 0.6) is 0 Å². The van der Waals surface area contributed by atoms with Crippen molar-refractivity contribution in [2.45, 2.75) is 58.8 Å². The van der Waals surface area contributed by atoms with Crippen LogP contribution in [-0.4, -0.2) is 51.8 Å². The van der Waals surface area contributed by atoms with E-state index in [9.17, 15) is 0 Å². The lowest BCUT2D eigenvalue weighted by atomic mass is 10.0. The fourth-order valence-corrected chi connectivity index (χ4v) is 2.46. The molecule has 0 radical (unpaired) electrons. The second-order valence-corrected chi connectivity index (χ2v) is 6.89. The average Bonchev–Trinajstić information content (AvgIpc) is 2.24. The van der Waals surface area contributed by atoms with Crippen LogP contribution in [0, 0.1) is 0 Å². The third-order valence-corrected chi connectivity index (χ3v) is 3.66. The molecule has 2 rings (SSSR count). The lowest BCUT2D eigenvalue weighted by Gasteiger charge is -2.53. The molecule has 15 heavy (non-hydrogen) atoms. The highest BCUT2D eigenvalue weighted by atomic mass is 15.6. The molecular weight excluding hydrogens is 186 g/mol. The normalized spacial score (nSPS) is 30.4. The lowest BCUT2D eigenvalue weighted by Crippen LogP contribution is -2.67. The minimum absolute atomic E-state index is 0.306. The summed E-state index contributed by atoms with van der Waals surface area (Å²) in [5, 5.41) is 0. The van der Waals surface area contributed by atoms with Gasteiger partial charge in [-0.25, -0.2) is 0 Å². The minimum atomic E-state index is 0.306. The van der Waals surface area contributed by atoms with Crippen LogP contribution in [0.15, 0.2) is 0 Å². The first-order chi connectivity index (χ1) is 6.69. The predicted molar refractivity (Wildman–Crippen MR) is 63.4 cm³/mol. The number of fused-ring (bicyclic) bond motifs is 1. The first kappa shape index (κ1) is 11.4. The van der Waals surface area contributed by atoms with Gasteiger partial charge in [0.25, 0.3) is 0 Å². The van der Waals surface area contributed by atoms with Crippen molar-refractivity contribution in [3.8, 4) is 0 Å². The summed E-state index contributed by atoms with van der Waals surface area (Å²) in [6.45, 7) is 17.3. The van der Waals surface area contributed by atoms with E-state index < -0.39 is 0 Å². The summed E-state index contributed by atoms with van der Waals surface area (Å²) in [6, 6.07) is 0. The molecule has 0 bridgehead atoms. The standard InChI is InChI=1S/C12H25N3/c1-11(2,3)14-7-10-13(8-14)9-15(10)12(4,5)6/h10H,7-9H2,1-6H3. The number of hydrogen-bond donors (Lipinski definition) is 0. The average molecular weight is 211 g/mol. The molecule has 2 heterocycles. The molecule has 1 atom stereocenters. The number of hydrogen-bond acceptors (Lipinski definition) is 3. The van der Waals surface area contributed by atoms with Crippen molar-refractivity contribution in [3.05, 3.63) is 0 Å². The number of rotatable bonds is 0. The Balaban J connectivity index is 2.00. The van der Waals surface area contributed by atoms with Gasteiger partial charge >= 0.3 is 0 Å². The second-order valence-electron chi connectivity index (χ2n) is 6.89. The summed E-state index contributed by atoms with van der Waals surface area (Å²) >= 11 is 0. The van der Waals surface area contributed by atoms with E-state index in [-0.39, 0.29) is 0 Å². The van der Waals surface area contributed by atoms with Gasteiger partial charge in [0.15, 0.2) is 0 Å². The highest BCUT2D eigenvalue weighted by Crippen LogP contribution is 2.34. The first-order valence-corrected chi connectivity index (χ1v) is 5.95. The molecule has 0 aromatic carbocycles. The van der Waals surface area contributed by atoms with Crippen LogP contribution in [0.4, 0.5) is 0 Å². The third-order valence-electron chi connectivity index (χ3n) is 3.66. The van der Waals surface area contributed by atoms with Crippen LogP contribution >= 0.6 is 0 Å². The van der Waals surface area contributed by atoms with E-state index in [0.29, 0.717) is 17.2 Å². The summed E-state index contributed by atoms with van der Waals surface area (Å²) in [6.07, 6.45) is 0.657. The van der Waals surface area contributed by atoms with Gasteiger partial charge in [0.1, 0.15) is 0 Å². The van der Waals surface area contributed by atoms with Gasteiger partial charge in [-0.1, -0.05) is 0 Å². The number of nitrogens with zero attached hydrogens (tertiary/aromatic N) is 3. The highest BCUT2D eigenvalue weighted by molar-refractivity contribution is 4.98. The van der Waals surface area contributed by atoms with E-state index >= 15 is 0 Å². The molecule has 3 nitrogen and oxygen atoms in total. The van der Waals surface area contributed by atoms with Gasteiger partial charge in [-0.3, -0.25) is 14.7 Å². The quantitative estimate of drug-likeness (QED) is 0.604. The molecule has 0 saturated carbocycles. The molecular formula is C12H25N3. The highest BCUT2D eigenvalue weighted by Gasteiger charge is 2.49. The molecule has 3 heteroatoms. The summed E-state index contributed by atoms with van der Waals surface area (Å²) in [5.41, 5.74) is 0.621. The Hall–Kier alpha value is -0.120. The monoisotopic (exact) mass is 211 g/mol. The molecule has 0 amide bonds. The van der Waals surface area contributed by atoms with E-state index in [1.54, 1.807) is 0 Å². The third kappa shape index (κ3) is 1.93. The fourth-order valence-electron chi connectivity index (χ4n) is 2.46. The van der Waals surface area contributed by atoms with Crippen LogP contribution < -0.4 is 0 Å². The zero-order chi connectivity index (χ0) is 11.4. The van der Waals surface area contributed by atoms with E-state index in [2.05, 4.69) is 56.2 Å². The van der Waals surface area contributed by atoms with Crippen LogP contribution in [0.3, 0.4) is 0 Å². The summed E-state index contributed by atoms with van der Waals surface area (Å²) in [4.78, 5) is 7.73. The predicted octanol–water partition coefficient (Wildman–Crippen LogP) is 1.76. The zero-order valence-electron chi connectivity index (χ0n) is 11.0. The minimum Gasteiger partial charge on any atom is -0.283 e. The van der Waals surface area contributed by atoms with Gasteiger partial charge in [-0.15, -0.1) is 0 Å². The molecule has 2 fully saturated rings. The summed E-state index contributed by atoms with van der Waals surface area (Å²) in [7, 11) is 0. The van der Waals surface area contributed by atoms with Gasteiger partial charge in [0.2, 0.25) is 0 Å². The van der Waals surface area contributed by atoms with Gasteiger partial charge in [0.05, 0.1) is 19.5 Å². The van der Waals surface area contributed by atoms with E-state index in [1.165, 1.54) is 6.54 Å². The Bertz CT molecular complexity index is 237. The maximum absolute atomic E-state index is 2.60. The Morgan fingerprint density at radius 1 is 0.867 bits per heavy atom. The molecule has 0 aliphatic carbocycles. The fraction of sp³-hybridized carbons (Fsp3) is 1.00. The Morgan fingerprint density at radius 2 is 1.47 bits per heavy atom. The molecule has 0 aromatic rings. The van der Waals surface area contributed by atoms with E-state index in [0.717, 1.165) is 13.3 Å². The van der Waals surface area contributed by atoms with Gasteiger partial charge in [0, 0.05) is 17.6 Å². The SMILES string of the molecule is CC(C)(C)N1CC2N(C1)CN2C(C)(C)C. The van der Waals surface area contributed by atoms with E-state index in [4.69, 9.17) is 0 Å². The van der Waals surface area contributed by atoms with Gasteiger partial charge in [-0.2, -0.15) is 0 Å². The van der Waals surface area contributed by atoms with Crippen LogP contribution in [0.1, 0.15) is 41.5 Å². The second kappa shape index (κ2) is 3.19. The Labute approximate surface area is 94.0 Å². The Kier molecular flexibility index (Phi) is 2.42. The van der Waals surface area contributed by atoms with Crippen molar-refractivity contribution < 1.29 is 0 Å². The van der Waals surface area contributed by atoms with Crippen molar-refractivity contribution >= 4 is 0 Å². The van der Waals surface area contributed by atoms with Crippen molar-refractivity contribution in [1.82, 2.24) is 14.7 Å². The van der Waals surface area contributed by atoms with Crippen LogP contribution in [0.2, 0.25) is 0 Å². The van der Waals surface area contributed by atoms with Gasteiger partial charge < -0.3 is 0 Å². The Morgan fingerprint density at radius 3 is 1.93 bits per heavy atom. The maximum atomic E-state index is 2.60. The molecule has 2 aliphatic heterocycles. The van der Waals surface area contributed by atoms with E-state index in [1.807, 2.05) is 0 Å². The largest absolute Gasteiger partial charge is 0.283 e. The van der Waals surface area contributed by atoms with Crippen LogP contribution in [-0.2, 0) is 0 Å². The smallest absolute Gasteiger partial charge is 0.0790 e. The van der Waals surface area contributed by atoms with Crippen molar-refractivity contribution in [2.24, 2.45) is 0 Å². The van der Waals surface area contributed by atoms with Crippen molar-refractivity contribution in [2.75, 3.05) is 19.9 Å². The zero-order valence-corrected chi connectivity index (χ0v) is 11.0. The topological polar surface area (TPSA) is 9.72 Å². The molecule has 0 aromatic heterocycles. The summed E-state index contributed by atoms with van der Waals surface area (Å²) in [5.74, 6) is 0. The van der Waals surface area contributed by atoms with Gasteiger partial charge in [-0.05, 0) is 41.5 Å². The van der Waals surface area contributed by atoms with Crippen molar-refractivity contribution in [3.63, 3.8) is 0 Å². The molecule has 0 N–H and O–H groups in total. The molecule has 2 aliphatic rings. The van der Waals surface area contributed by atoms with Crippen LogP contribution in [0.25, 0.3) is 0 Å². The first-order valence-electron chi connectivity index (χ1n) is 5.95. The molecule has 0 spiro atoms. The molecule has 88 valence electrons.